The fourth-order valence-electron chi connectivity index (χ4n) is 4.02. The van der Waals surface area contributed by atoms with E-state index in [2.05, 4.69) is 38.0 Å². The third-order valence-electron chi connectivity index (χ3n) is 5.84. The van der Waals surface area contributed by atoms with E-state index in [4.69, 9.17) is 4.74 Å². The third kappa shape index (κ3) is 5.16. The van der Waals surface area contributed by atoms with Gasteiger partial charge in [-0.25, -0.2) is 0 Å². The van der Waals surface area contributed by atoms with Crippen LogP contribution in [0.5, 0.6) is 5.75 Å². The maximum atomic E-state index is 12.4. The minimum Gasteiger partial charge on any atom is -0.484 e. The van der Waals surface area contributed by atoms with Crippen molar-refractivity contribution < 1.29 is 30.0 Å². The zero-order valence-electron chi connectivity index (χ0n) is 18.2. The number of benzene rings is 2. The average Bonchev–Trinajstić information content (AvgIpc) is 2.70. The number of ether oxygens (including phenoxy) is 1. The second-order valence-electron chi connectivity index (χ2n) is 8.67. The first-order chi connectivity index (χ1) is 14.5. The highest BCUT2D eigenvalue weighted by atomic mass is 16.5. The van der Waals surface area contributed by atoms with Gasteiger partial charge in [0, 0.05) is 35.1 Å². The zero-order valence-corrected chi connectivity index (χ0v) is 18.2. The highest BCUT2D eigenvalue weighted by Gasteiger charge is 2.34. The van der Waals surface area contributed by atoms with Crippen LogP contribution in [0.25, 0.3) is 0 Å². The fraction of sp³-hybridized carbons (Fsp3) is 0.435. The number of nitrogens with one attached hydrogen (secondary N) is 1. The van der Waals surface area contributed by atoms with E-state index in [1.807, 2.05) is 18.2 Å². The maximum absolute atomic E-state index is 12.4. The molecule has 0 saturated carbocycles. The molecule has 0 aliphatic carbocycles. The van der Waals surface area contributed by atoms with E-state index in [-0.39, 0.29) is 29.0 Å². The molecule has 1 heterocycles. The van der Waals surface area contributed by atoms with Gasteiger partial charge in [-0.1, -0.05) is 13.0 Å². The molecule has 2 aromatic rings. The van der Waals surface area contributed by atoms with Gasteiger partial charge in [0.05, 0.1) is 0 Å². The lowest BCUT2D eigenvalue weighted by Crippen LogP contribution is -2.45. The number of fused-ring (bicyclic) bond motifs is 1. The van der Waals surface area contributed by atoms with E-state index in [1.165, 1.54) is 23.8 Å². The van der Waals surface area contributed by atoms with Crippen LogP contribution in [0.4, 0.5) is 11.4 Å². The van der Waals surface area contributed by atoms with Crippen LogP contribution in [0.15, 0.2) is 36.4 Å². The molecular weight excluding hydrogens is 400 g/mol. The Labute approximate surface area is 181 Å². The number of carbonyl (C=O) groups is 1. The first kappa shape index (κ1) is 23.0. The van der Waals surface area contributed by atoms with Gasteiger partial charge in [0.1, 0.15) is 5.75 Å². The Bertz CT molecular complexity index is 931. The lowest BCUT2D eigenvalue weighted by molar-refractivity contribution is -0.118. The van der Waals surface area contributed by atoms with Crippen molar-refractivity contribution in [3.63, 3.8) is 0 Å². The molecule has 0 aromatic heterocycles. The van der Waals surface area contributed by atoms with Gasteiger partial charge in [-0.15, -0.1) is 0 Å². The Morgan fingerprint density at radius 3 is 2.32 bits per heavy atom. The summed E-state index contributed by atoms with van der Waals surface area (Å²) in [6.45, 7) is 6.26. The van der Waals surface area contributed by atoms with E-state index >= 15 is 0 Å². The number of rotatable bonds is 6. The molecule has 1 unspecified atom stereocenters. The molecule has 3 rings (SSSR count). The van der Waals surface area contributed by atoms with Crippen molar-refractivity contribution in [3.8, 4) is 5.75 Å². The molecule has 0 saturated heterocycles. The highest BCUT2D eigenvalue weighted by molar-refractivity contribution is 5.92. The van der Waals surface area contributed by atoms with Gasteiger partial charge in [0.15, 0.2) is 19.2 Å². The van der Waals surface area contributed by atoms with E-state index in [0.29, 0.717) is 11.6 Å². The normalized spacial score (nSPS) is 17.6. The number of hydrogen-bond acceptors (Lipinski definition) is 7. The van der Waals surface area contributed by atoms with Crippen molar-refractivity contribution in [2.75, 3.05) is 23.9 Å². The predicted molar refractivity (Wildman–Crippen MR) is 117 cm³/mol. The number of anilines is 2. The standard InChI is InChI=1S/C23H30N2O6/c1-13-11-23(2,3)25(4)19-10-16(5-6-18(13)19)24-20(26)12-31-17-8-14(21(27)28)7-15(9-17)22(29)30/h5-10,13,21-22,27-30H,11-12H2,1-4H3,(H,24,26). The quantitative estimate of drug-likeness (QED) is 0.446. The Hall–Kier alpha value is -2.65. The molecule has 1 aliphatic heterocycles. The molecule has 0 fully saturated rings. The Morgan fingerprint density at radius 2 is 1.74 bits per heavy atom. The van der Waals surface area contributed by atoms with E-state index in [9.17, 15) is 25.2 Å². The maximum Gasteiger partial charge on any atom is 0.262 e. The summed E-state index contributed by atoms with van der Waals surface area (Å²) in [4.78, 5) is 14.6. The summed E-state index contributed by atoms with van der Waals surface area (Å²) in [6.07, 6.45) is -2.58. The highest BCUT2D eigenvalue weighted by Crippen LogP contribution is 2.43. The Morgan fingerprint density at radius 1 is 1.13 bits per heavy atom. The fourth-order valence-corrected chi connectivity index (χ4v) is 4.02. The summed E-state index contributed by atoms with van der Waals surface area (Å²) < 4.78 is 5.44. The second-order valence-corrected chi connectivity index (χ2v) is 8.67. The number of carbonyl (C=O) groups excluding carboxylic acids is 1. The van der Waals surface area contributed by atoms with Crippen LogP contribution in [0.2, 0.25) is 0 Å². The molecule has 0 spiro atoms. The number of aliphatic hydroxyl groups excluding tert-OH is 2. The summed E-state index contributed by atoms with van der Waals surface area (Å²) in [6, 6.07) is 9.72. The minimum atomic E-state index is -1.81. The van der Waals surface area contributed by atoms with Gasteiger partial charge in [0.2, 0.25) is 0 Å². The van der Waals surface area contributed by atoms with Crippen LogP contribution >= 0.6 is 0 Å². The van der Waals surface area contributed by atoms with E-state index in [1.54, 1.807) is 0 Å². The summed E-state index contributed by atoms with van der Waals surface area (Å²) >= 11 is 0. The topological polar surface area (TPSA) is 122 Å². The Kier molecular flexibility index (Phi) is 6.56. The zero-order chi connectivity index (χ0) is 22.9. The number of amides is 1. The third-order valence-corrected chi connectivity index (χ3v) is 5.84. The van der Waals surface area contributed by atoms with Crippen molar-refractivity contribution in [3.05, 3.63) is 53.1 Å². The van der Waals surface area contributed by atoms with Crippen molar-refractivity contribution in [2.45, 2.75) is 51.2 Å². The van der Waals surface area contributed by atoms with Crippen molar-refractivity contribution in [1.82, 2.24) is 0 Å². The van der Waals surface area contributed by atoms with Crippen molar-refractivity contribution in [1.29, 1.82) is 0 Å². The van der Waals surface area contributed by atoms with Crippen LogP contribution in [0, 0.1) is 0 Å². The lowest BCUT2D eigenvalue weighted by atomic mass is 9.80. The van der Waals surface area contributed by atoms with Gasteiger partial charge in [0.25, 0.3) is 5.91 Å². The molecular formula is C23H30N2O6. The first-order valence-corrected chi connectivity index (χ1v) is 10.2. The molecule has 5 N–H and O–H groups in total. The molecule has 8 nitrogen and oxygen atoms in total. The van der Waals surface area contributed by atoms with Crippen molar-refractivity contribution >= 4 is 17.3 Å². The number of hydrogen-bond donors (Lipinski definition) is 5. The molecule has 8 heteroatoms. The van der Waals surface area contributed by atoms with E-state index in [0.717, 1.165) is 12.1 Å². The molecule has 0 radical (unpaired) electrons. The Balaban J connectivity index is 1.70. The van der Waals surface area contributed by atoms with E-state index < -0.39 is 18.5 Å². The number of nitrogens with zero attached hydrogens (tertiary/aromatic N) is 1. The molecule has 31 heavy (non-hydrogen) atoms. The first-order valence-electron chi connectivity index (χ1n) is 10.2. The average molecular weight is 431 g/mol. The molecule has 1 aliphatic rings. The molecule has 1 atom stereocenters. The van der Waals surface area contributed by atoms with Gasteiger partial charge in [-0.05, 0) is 62.1 Å². The van der Waals surface area contributed by atoms with Crippen LogP contribution in [0.1, 0.15) is 62.4 Å². The predicted octanol–water partition coefficient (Wildman–Crippen LogP) is 2.39. The largest absolute Gasteiger partial charge is 0.484 e. The van der Waals surface area contributed by atoms with Gasteiger partial charge < -0.3 is 35.4 Å². The van der Waals surface area contributed by atoms with Crippen molar-refractivity contribution in [2.24, 2.45) is 0 Å². The smallest absolute Gasteiger partial charge is 0.262 e. The summed E-state index contributed by atoms with van der Waals surface area (Å²) in [5.41, 5.74) is 3.02. The van der Waals surface area contributed by atoms with Crippen LogP contribution in [-0.4, -0.2) is 45.5 Å². The van der Waals surface area contributed by atoms with Crippen LogP contribution < -0.4 is 15.0 Å². The molecule has 168 valence electrons. The van der Waals surface area contributed by atoms with Gasteiger partial charge >= 0.3 is 0 Å². The molecule has 2 aromatic carbocycles. The summed E-state index contributed by atoms with van der Waals surface area (Å²) in [7, 11) is 2.05. The summed E-state index contributed by atoms with van der Waals surface area (Å²) in [5.74, 6) is 0.135. The monoisotopic (exact) mass is 430 g/mol. The summed E-state index contributed by atoms with van der Waals surface area (Å²) in [5, 5.41) is 40.2. The van der Waals surface area contributed by atoms with Crippen LogP contribution in [-0.2, 0) is 4.79 Å². The second kappa shape index (κ2) is 8.84. The van der Waals surface area contributed by atoms with Crippen LogP contribution in [0.3, 0.4) is 0 Å². The lowest BCUT2D eigenvalue weighted by Gasteiger charge is -2.45. The van der Waals surface area contributed by atoms with Gasteiger partial charge in [-0.3, -0.25) is 4.79 Å². The van der Waals surface area contributed by atoms with Gasteiger partial charge in [-0.2, -0.15) is 0 Å². The molecule has 1 amide bonds. The minimum absolute atomic E-state index is 0.00935. The SMILES string of the molecule is CC1CC(C)(C)N(C)c2cc(NC(=O)COc3cc(C(O)O)cc(C(O)O)c3)ccc21. The molecule has 0 bridgehead atoms. The number of aliphatic hydroxyl groups is 4.